The molecule has 9 rings (SSSR count). The van der Waals surface area contributed by atoms with E-state index < -0.39 is 5.41 Å². The molecule has 3 nitrogen and oxygen atoms in total. The number of fused-ring (bicyclic) bond motifs is 9. The van der Waals surface area contributed by atoms with Crippen LogP contribution in [0.5, 0.6) is 0 Å². The predicted molar refractivity (Wildman–Crippen MR) is 217 cm³/mol. The first-order valence-electron chi connectivity index (χ1n) is 18.0. The fourth-order valence-corrected chi connectivity index (χ4v) is 8.29. The Bertz CT molecular complexity index is 2630. The van der Waals surface area contributed by atoms with Crippen LogP contribution in [0.25, 0.3) is 28.0 Å². The summed E-state index contributed by atoms with van der Waals surface area (Å²) >= 11 is 0. The van der Waals surface area contributed by atoms with Crippen LogP contribution in [0.1, 0.15) is 62.6 Å². The summed E-state index contributed by atoms with van der Waals surface area (Å²) in [6.45, 7) is 6.58. The maximum Gasteiger partial charge on any atom is 0.160 e. The van der Waals surface area contributed by atoms with Crippen LogP contribution >= 0.6 is 0 Å². The number of nitriles is 1. The highest BCUT2D eigenvalue weighted by atomic mass is 14.9. The topological polar surface area (TPSA) is 48.5 Å². The molecule has 1 spiro atoms. The molecule has 0 atom stereocenters. The average molecular weight is 678 g/mol. The van der Waals surface area contributed by atoms with Crippen molar-refractivity contribution in [3.05, 3.63) is 232 Å². The lowest BCUT2D eigenvalue weighted by atomic mass is 9.61. The Hall–Kier alpha value is -6.89. The summed E-state index contributed by atoms with van der Waals surface area (Å²) in [4.78, 5) is 10.3. The fraction of sp³-hybridized carbons (Fsp3) is 0.0600. The van der Waals surface area contributed by atoms with Crippen molar-refractivity contribution in [2.45, 2.75) is 18.8 Å². The highest BCUT2D eigenvalue weighted by Crippen LogP contribution is 2.59. The molecule has 250 valence electrons. The minimum atomic E-state index is -0.450. The Morgan fingerprint density at radius 3 is 1.89 bits per heavy atom. The van der Waals surface area contributed by atoms with Gasteiger partial charge in [0.05, 0.1) is 22.7 Å². The maximum absolute atomic E-state index is 9.25. The highest BCUT2D eigenvalue weighted by Gasteiger charge is 2.49. The third kappa shape index (κ3) is 5.36. The highest BCUT2D eigenvalue weighted by molar-refractivity contribution is 6.13. The van der Waals surface area contributed by atoms with Crippen LogP contribution in [-0.2, 0) is 11.8 Å². The number of benzene rings is 7. The Labute approximate surface area is 310 Å². The summed E-state index contributed by atoms with van der Waals surface area (Å²) in [5, 5.41) is 9.25. The summed E-state index contributed by atoms with van der Waals surface area (Å²) in [5.41, 5.74) is 17.1. The van der Waals surface area contributed by atoms with Crippen molar-refractivity contribution in [2.75, 3.05) is 0 Å². The van der Waals surface area contributed by atoms with E-state index in [0.717, 1.165) is 39.9 Å². The van der Waals surface area contributed by atoms with E-state index in [1.54, 1.807) is 0 Å². The number of amidine groups is 1. The Morgan fingerprint density at radius 2 is 1.17 bits per heavy atom. The minimum Gasteiger partial charge on any atom is -0.233 e. The molecular weight excluding hydrogens is 643 g/mol. The summed E-state index contributed by atoms with van der Waals surface area (Å²) in [5.74, 6) is 0.601. The van der Waals surface area contributed by atoms with Crippen molar-refractivity contribution in [2.24, 2.45) is 9.98 Å². The third-order valence-electron chi connectivity index (χ3n) is 10.8. The van der Waals surface area contributed by atoms with Crippen molar-refractivity contribution in [3.8, 4) is 28.3 Å². The molecule has 0 amide bonds. The standard InChI is InChI=1S/C50H35N3/c1-33(38-17-12-18-40(29-38)36-25-23-35(32-51)24-26-36)52-49(37-13-4-3-5-14-37)53-34(2)39-27-28-44-43-19-8-11-22-47(43)50(48(44)31-39)45-20-9-6-15-41(45)30-42-16-7-10-21-46(42)50/h3-29,31H,2,30H2,1H3. The van der Waals surface area contributed by atoms with Crippen LogP contribution in [0.15, 0.2) is 186 Å². The van der Waals surface area contributed by atoms with Crippen LogP contribution in [0.3, 0.4) is 0 Å². The second-order valence-electron chi connectivity index (χ2n) is 13.8. The molecule has 0 aromatic heterocycles. The van der Waals surface area contributed by atoms with Crippen LogP contribution in [0, 0.1) is 11.3 Å². The van der Waals surface area contributed by atoms with Crippen LogP contribution in [0.2, 0.25) is 0 Å². The molecule has 0 saturated carbocycles. The summed E-state index contributed by atoms with van der Waals surface area (Å²) in [7, 11) is 0. The van der Waals surface area contributed by atoms with Gasteiger partial charge in [-0.3, -0.25) is 0 Å². The van der Waals surface area contributed by atoms with Gasteiger partial charge in [0.2, 0.25) is 0 Å². The molecule has 0 N–H and O–H groups in total. The predicted octanol–water partition coefficient (Wildman–Crippen LogP) is 11.4. The SMILES string of the molecule is C=C(N=C(N=C(C)c1cccc(-c2ccc(C#N)cc2)c1)c1ccccc1)c1ccc2c(c1)C1(c3ccccc3Cc3ccccc31)c1ccccc1-2. The lowest BCUT2D eigenvalue weighted by Gasteiger charge is -2.40. The first kappa shape index (κ1) is 32.0. The molecular formula is C50H35N3. The number of hydrogen-bond donors (Lipinski definition) is 0. The van der Waals surface area contributed by atoms with E-state index in [1.165, 1.54) is 44.5 Å². The zero-order chi connectivity index (χ0) is 35.9. The van der Waals surface area contributed by atoms with Gasteiger partial charge in [-0.1, -0.05) is 152 Å². The van der Waals surface area contributed by atoms with Crippen molar-refractivity contribution in [1.29, 1.82) is 5.26 Å². The third-order valence-corrected chi connectivity index (χ3v) is 10.8. The maximum atomic E-state index is 9.25. The molecule has 7 aromatic rings. The van der Waals surface area contributed by atoms with Gasteiger partial charge in [0.15, 0.2) is 5.84 Å². The zero-order valence-electron chi connectivity index (χ0n) is 29.4. The van der Waals surface area contributed by atoms with E-state index >= 15 is 0 Å². The van der Waals surface area contributed by atoms with Crippen LogP contribution < -0.4 is 0 Å². The summed E-state index contributed by atoms with van der Waals surface area (Å²) < 4.78 is 0. The zero-order valence-corrected chi connectivity index (χ0v) is 29.4. The smallest absolute Gasteiger partial charge is 0.160 e. The largest absolute Gasteiger partial charge is 0.233 e. The molecule has 3 heteroatoms. The van der Waals surface area contributed by atoms with Crippen molar-refractivity contribution in [1.82, 2.24) is 0 Å². The molecule has 0 fully saturated rings. The number of aliphatic imine (C=N–C) groups is 2. The van der Waals surface area contributed by atoms with E-state index in [4.69, 9.17) is 9.98 Å². The molecule has 2 aliphatic carbocycles. The minimum absolute atomic E-state index is 0.450. The molecule has 0 heterocycles. The van der Waals surface area contributed by atoms with Gasteiger partial charge >= 0.3 is 0 Å². The lowest BCUT2D eigenvalue weighted by molar-refractivity contribution is 0.722. The monoisotopic (exact) mass is 677 g/mol. The first-order valence-corrected chi connectivity index (χ1v) is 18.0. The van der Waals surface area contributed by atoms with Gasteiger partial charge < -0.3 is 0 Å². The first-order chi connectivity index (χ1) is 26.0. The van der Waals surface area contributed by atoms with Crippen molar-refractivity contribution >= 4 is 17.2 Å². The lowest BCUT2D eigenvalue weighted by Crippen LogP contribution is -2.34. The Kier molecular flexibility index (Phi) is 7.87. The second-order valence-corrected chi connectivity index (χ2v) is 13.8. The van der Waals surface area contributed by atoms with Gasteiger partial charge in [0, 0.05) is 11.3 Å². The van der Waals surface area contributed by atoms with Crippen LogP contribution in [-0.4, -0.2) is 11.5 Å². The number of rotatable bonds is 5. The van der Waals surface area contributed by atoms with Gasteiger partial charge in [0.25, 0.3) is 0 Å². The quantitative estimate of drug-likeness (QED) is 0.132. The van der Waals surface area contributed by atoms with Gasteiger partial charge in [-0.15, -0.1) is 0 Å². The molecule has 0 aliphatic heterocycles. The molecule has 0 unspecified atom stereocenters. The number of hydrogen-bond acceptors (Lipinski definition) is 2. The fourth-order valence-electron chi connectivity index (χ4n) is 8.29. The number of nitrogens with zero attached hydrogens (tertiary/aromatic N) is 3. The normalized spacial score (nSPS) is 13.7. The molecule has 7 aromatic carbocycles. The summed E-state index contributed by atoms with van der Waals surface area (Å²) in [6.07, 6.45) is 0.913. The van der Waals surface area contributed by atoms with E-state index in [0.29, 0.717) is 17.1 Å². The Morgan fingerprint density at radius 1 is 0.547 bits per heavy atom. The second kappa shape index (κ2) is 13.0. The van der Waals surface area contributed by atoms with E-state index in [1.807, 2.05) is 67.6 Å². The van der Waals surface area contributed by atoms with Gasteiger partial charge in [-0.05, 0) is 104 Å². The molecule has 0 saturated heterocycles. The van der Waals surface area contributed by atoms with Gasteiger partial charge in [-0.25, -0.2) is 9.98 Å². The Balaban J connectivity index is 1.16. The van der Waals surface area contributed by atoms with E-state index in [2.05, 4.69) is 122 Å². The van der Waals surface area contributed by atoms with Crippen LogP contribution in [0.4, 0.5) is 0 Å². The van der Waals surface area contributed by atoms with E-state index in [-0.39, 0.29) is 0 Å². The summed E-state index contributed by atoms with van der Waals surface area (Å²) in [6, 6.07) is 61.8. The molecule has 0 bridgehead atoms. The van der Waals surface area contributed by atoms with E-state index in [9.17, 15) is 5.26 Å². The molecule has 0 radical (unpaired) electrons. The van der Waals surface area contributed by atoms with Crippen molar-refractivity contribution < 1.29 is 0 Å². The molecule has 2 aliphatic rings. The molecule has 53 heavy (non-hydrogen) atoms. The van der Waals surface area contributed by atoms with Gasteiger partial charge in [0.1, 0.15) is 0 Å². The van der Waals surface area contributed by atoms with Crippen molar-refractivity contribution in [3.63, 3.8) is 0 Å². The average Bonchev–Trinajstić information content (AvgIpc) is 3.51. The van der Waals surface area contributed by atoms with Gasteiger partial charge in [-0.2, -0.15) is 5.26 Å².